The third-order valence-corrected chi connectivity index (χ3v) is 2.50. The van der Waals surface area contributed by atoms with E-state index < -0.39 is 0 Å². The SMILES string of the molecule is CC(C)C[C@H](N)c1nnc(-c2ccccc2)o1.Cl. The van der Waals surface area contributed by atoms with Crippen molar-refractivity contribution in [3.05, 3.63) is 36.2 Å². The first kappa shape index (κ1) is 14.7. The van der Waals surface area contributed by atoms with Crippen LogP contribution >= 0.6 is 12.4 Å². The number of nitrogens with two attached hydrogens (primary N) is 1. The Morgan fingerprint density at radius 3 is 2.44 bits per heavy atom. The van der Waals surface area contributed by atoms with Gasteiger partial charge in [-0.3, -0.25) is 0 Å². The standard InChI is InChI=1S/C13H17N3O.ClH/c1-9(2)8-11(14)13-16-15-12(17-13)10-6-4-3-5-7-10;/h3-7,9,11H,8,14H2,1-2H3;1H/t11-;/m0./s1. The van der Waals surface area contributed by atoms with Crippen molar-refractivity contribution in [1.82, 2.24) is 10.2 Å². The maximum absolute atomic E-state index is 5.99. The number of hydrogen-bond donors (Lipinski definition) is 1. The molecular weight excluding hydrogens is 250 g/mol. The Morgan fingerprint density at radius 2 is 1.83 bits per heavy atom. The van der Waals surface area contributed by atoms with Gasteiger partial charge in [0.2, 0.25) is 11.8 Å². The second-order valence-corrected chi connectivity index (χ2v) is 4.55. The van der Waals surface area contributed by atoms with Crippen LogP contribution in [0.5, 0.6) is 0 Å². The minimum Gasteiger partial charge on any atom is -0.419 e. The van der Waals surface area contributed by atoms with E-state index >= 15 is 0 Å². The maximum atomic E-state index is 5.99. The third-order valence-electron chi connectivity index (χ3n) is 2.50. The molecular formula is C13H18ClN3O. The van der Waals surface area contributed by atoms with Crippen LogP contribution in [0.4, 0.5) is 0 Å². The molecule has 5 heteroatoms. The highest BCUT2D eigenvalue weighted by molar-refractivity contribution is 5.85. The summed E-state index contributed by atoms with van der Waals surface area (Å²) < 4.78 is 5.59. The molecule has 0 fully saturated rings. The molecule has 1 heterocycles. The fraction of sp³-hybridized carbons (Fsp3) is 0.385. The van der Waals surface area contributed by atoms with Gasteiger partial charge >= 0.3 is 0 Å². The highest BCUT2D eigenvalue weighted by Crippen LogP contribution is 2.22. The van der Waals surface area contributed by atoms with Gasteiger partial charge in [0.05, 0.1) is 6.04 Å². The summed E-state index contributed by atoms with van der Waals surface area (Å²) in [5.41, 5.74) is 6.91. The van der Waals surface area contributed by atoms with Gasteiger partial charge in [-0.15, -0.1) is 22.6 Å². The van der Waals surface area contributed by atoms with Crippen LogP contribution in [0.1, 0.15) is 32.2 Å². The summed E-state index contributed by atoms with van der Waals surface area (Å²) in [6, 6.07) is 9.52. The van der Waals surface area contributed by atoms with Gasteiger partial charge in [0.25, 0.3) is 0 Å². The number of benzene rings is 1. The van der Waals surface area contributed by atoms with Crippen LogP contribution in [0, 0.1) is 5.92 Å². The van der Waals surface area contributed by atoms with Gasteiger partial charge in [0, 0.05) is 5.56 Å². The topological polar surface area (TPSA) is 64.9 Å². The van der Waals surface area contributed by atoms with E-state index in [4.69, 9.17) is 10.2 Å². The Hall–Kier alpha value is -1.39. The van der Waals surface area contributed by atoms with E-state index in [1.807, 2.05) is 30.3 Å². The number of halogens is 1. The van der Waals surface area contributed by atoms with E-state index in [1.54, 1.807) is 0 Å². The average Bonchev–Trinajstić information content (AvgIpc) is 2.78. The minimum atomic E-state index is -0.181. The maximum Gasteiger partial charge on any atom is 0.247 e. The fourth-order valence-corrected chi connectivity index (χ4v) is 1.69. The molecule has 18 heavy (non-hydrogen) atoms. The van der Waals surface area contributed by atoms with Crippen LogP contribution in [0.25, 0.3) is 11.5 Å². The molecule has 1 aromatic heterocycles. The molecule has 0 aliphatic rings. The minimum absolute atomic E-state index is 0. The molecule has 2 aromatic rings. The number of hydrogen-bond acceptors (Lipinski definition) is 4. The molecule has 0 saturated carbocycles. The van der Waals surface area contributed by atoms with Crippen LogP contribution in [0.3, 0.4) is 0 Å². The predicted molar refractivity (Wildman–Crippen MR) is 73.4 cm³/mol. The third kappa shape index (κ3) is 3.55. The van der Waals surface area contributed by atoms with Gasteiger partial charge in [0.1, 0.15) is 0 Å². The Bertz CT molecular complexity index is 470. The highest BCUT2D eigenvalue weighted by Gasteiger charge is 2.16. The summed E-state index contributed by atoms with van der Waals surface area (Å²) in [4.78, 5) is 0. The van der Waals surface area contributed by atoms with Crippen molar-refractivity contribution in [1.29, 1.82) is 0 Å². The van der Waals surface area contributed by atoms with Gasteiger partial charge in [0.15, 0.2) is 0 Å². The molecule has 0 radical (unpaired) electrons. The summed E-state index contributed by atoms with van der Waals surface area (Å²) >= 11 is 0. The van der Waals surface area contributed by atoms with Crippen molar-refractivity contribution < 1.29 is 4.42 Å². The molecule has 0 spiro atoms. The molecule has 98 valence electrons. The summed E-state index contributed by atoms with van der Waals surface area (Å²) in [6.45, 7) is 4.24. The molecule has 4 nitrogen and oxygen atoms in total. The van der Waals surface area contributed by atoms with Crippen molar-refractivity contribution in [2.24, 2.45) is 11.7 Å². The summed E-state index contributed by atoms with van der Waals surface area (Å²) in [7, 11) is 0. The van der Waals surface area contributed by atoms with Gasteiger partial charge in [-0.2, -0.15) is 0 Å². The number of aromatic nitrogens is 2. The Labute approximate surface area is 113 Å². The van der Waals surface area contributed by atoms with Crippen molar-refractivity contribution >= 4 is 12.4 Å². The first-order valence-corrected chi connectivity index (χ1v) is 5.81. The van der Waals surface area contributed by atoms with E-state index in [2.05, 4.69) is 24.0 Å². The first-order chi connectivity index (χ1) is 8.16. The predicted octanol–water partition coefficient (Wildman–Crippen LogP) is 3.20. The van der Waals surface area contributed by atoms with Crippen molar-refractivity contribution in [3.63, 3.8) is 0 Å². The molecule has 2 N–H and O–H groups in total. The molecule has 0 aliphatic heterocycles. The molecule has 0 saturated heterocycles. The van der Waals surface area contributed by atoms with E-state index in [-0.39, 0.29) is 18.4 Å². The monoisotopic (exact) mass is 267 g/mol. The van der Waals surface area contributed by atoms with Gasteiger partial charge in [-0.1, -0.05) is 32.0 Å². The molecule has 0 amide bonds. The lowest BCUT2D eigenvalue weighted by atomic mass is 10.1. The van der Waals surface area contributed by atoms with E-state index in [9.17, 15) is 0 Å². The zero-order chi connectivity index (χ0) is 12.3. The summed E-state index contributed by atoms with van der Waals surface area (Å²) in [5.74, 6) is 1.55. The van der Waals surface area contributed by atoms with Crippen LogP contribution in [0.2, 0.25) is 0 Å². The summed E-state index contributed by atoms with van der Waals surface area (Å²) in [6.07, 6.45) is 0.844. The number of rotatable bonds is 4. The Morgan fingerprint density at radius 1 is 1.17 bits per heavy atom. The lowest BCUT2D eigenvalue weighted by Gasteiger charge is -2.08. The summed E-state index contributed by atoms with van der Waals surface area (Å²) in [5, 5.41) is 8.02. The molecule has 1 aromatic carbocycles. The quantitative estimate of drug-likeness (QED) is 0.924. The van der Waals surface area contributed by atoms with Crippen LogP contribution < -0.4 is 5.73 Å². The smallest absolute Gasteiger partial charge is 0.247 e. The van der Waals surface area contributed by atoms with Crippen molar-refractivity contribution in [3.8, 4) is 11.5 Å². The van der Waals surface area contributed by atoms with Gasteiger partial charge in [-0.05, 0) is 24.5 Å². The lowest BCUT2D eigenvalue weighted by molar-refractivity contribution is 0.408. The highest BCUT2D eigenvalue weighted by atomic mass is 35.5. The molecule has 0 unspecified atom stereocenters. The normalized spacial score (nSPS) is 12.2. The zero-order valence-electron chi connectivity index (χ0n) is 10.5. The largest absolute Gasteiger partial charge is 0.419 e. The van der Waals surface area contributed by atoms with Gasteiger partial charge in [-0.25, -0.2) is 0 Å². The van der Waals surface area contributed by atoms with Crippen LogP contribution in [0.15, 0.2) is 34.7 Å². The average molecular weight is 268 g/mol. The van der Waals surface area contributed by atoms with Crippen LogP contribution in [-0.4, -0.2) is 10.2 Å². The first-order valence-electron chi connectivity index (χ1n) is 5.81. The Kier molecular flexibility index (Phi) is 5.31. The fourth-order valence-electron chi connectivity index (χ4n) is 1.69. The lowest BCUT2D eigenvalue weighted by Crippen LogP contribution is -2.13. The zero-order valence-corrected chi connectivity index (χ0v) is 11.4. The van der Waals surface area contributed by atoms with E-state index in [1.165, 1.54) is 0 Å². The molecule has 1 atom stereocenters. The molecule has 0 aliphatic carbocycles. The van der Waals surface area contributed by atoms with Gasteiger partial charge < -0.3 is 10.2 Å². The second kappa shape index (κ2) is 6.52. The molecule has 2 rings (SSSR count). The molecule has 0 bridgehead atoms. The number of nitrogens with zero attached hydrogens (tertiary/aromatic N) is 2. The van der Waals surface area contributed by atoms with Crippen molar-refractivity contribution in [2.45, 2.75) is 26.3 Å². The van der Waals surface area contributed by atoms with Crippen molar-refractivity contribution in [2.75, 3.05) is 0 Å². The van der Waals surface area contributed by atoms with E-state index in [0.717, 1.165) is 12.0 Å². The Balaban J connectivity index is 0.00000162. The van der Waals surface area contributed by atoms with Crippen LogP contribution in [-0.2, 0) is 0 Å². The second-order valence-electron chi connectivity index (χ2n) is 4.55. The van der Waals surface area contributed by atoms with E-state index in [0.29, 0.717) is 17.7 Å².